The molecule has 0 saturated carbocycles. The Hall–Kier alpha value is -2.34. The van der Waals surface area contributed by atoms with Crippen LogP contribution in [-0.2, 0) is 18.4 Å². The van der Waals surface area contributed by atoms with E-state index >= 15 is 0 Å². The normalized spacial score (nSPS) is 14.7. The molecular formula is C21H30N4O2. The van der Waals surface area contributed by atoms with Crippen molar-refractivity contribution in [3.05, 3.63) is 46.8 Å². The molecule has 6 heteroatoms. The standard InChI is InChI=1S/C21H30N4O2/c1-21(2,3)16-8-6-7-9-18(16)27-13-12-25(5)20(26)19-15-10-11-24(4)14-17(15)22-23-19/h6-9H,10-14H2,1-5H3,(H,22,23). The van der Waals surface area contributed by atoms with Gasteiger partial charge in [-0.3, -0.25) is 9.89 Å². The van der Waals surface area contributed by atoms with Crippen LogP contribution in [0.1, 0.15) is 48.1 Å². The summed E-state index contributed by atoms with van der Waals surface area (Å²) in [5.41, 5.74) is 3.85. The number of amides is 1. The molecule has 2 heterocycles. The number of hydrogen-bond donors (Lipinski definition) is 1. The van der Waals surface area contributed by atoms with Crippen molar-refractivity contribution in [2.75, 3.05) is 33.8 Å². The molecule has 1 aliphatic rings. The zero-order valence-corrected chi connectivity index (χ0v) is 17.0. The first kappa shape index (κ1) is 19.4. The largest absolute Gasteiger partial charge is 0.491 e. The lowest BCUT2D eigenvalue weighted by Gasteiger charge is -2.24. The van der Waals surface area contributed by atoms with Gasteiger partial charge in [-0.1, -0.05) is 39.0 Å². The molecule has 1 amide bonds. The molecule has 0 bridgehead atoms. The van der Waals surface area contributed by atoms with Crippen LogP contribution in [0, 0.1) is 0 Å². The molecule has 0 unspecified atom stereocenters. The number of H-pyrrole nitrogens is 1. The first-order chi connectivity index (χ1) is 12.8. The number of aromatic amines is 1. The molecule has 3 rings (SSSR count). The summed E-state index contributed by atoms with van der Waals surface area (Å²) in [6.45, 7) is 9.23. The molecule has 0 fully saturated rings. The Morgan fingerprint density at radius 3 is 2.81 bits per heavy atom. The van der Waals surface area contributed by atoms with E-state index in [-0.39, 0.29) is 11.3 Å². The number of para-hydroxylation sites is 1. The highest BCUT2D eigenvalue weighted by Crippen LogP contribution is 2.30. The van der Waals surface area contributed by atoms with Crippen molar-refractivity contribution in [3.63, 3.8) is 0 Å². The molecule has 1 aromatic heterocycles. The number of hydrogen-bond acceptors (Lipinski definition) is 4. The van der Waals surface area contributed by atoms with Crippen LogP contribution in [0.3, 0.4) is 0 Å². The smallest absolute Gasteiger partial charge is 0.274 e. The number of carbonyl (C=O) groups excluding carboxylic acids is 1. The minimum atomic E-state index is -0.0511. The van der Waals surface area contributed by atoms with E-state index in [1.807, 2.05) is 18.2 Å². The molecule has 2 aromatic rings. The third-order valence-corrected chi connectivity index (χ3v) is 5.05. The fourth-order valence-electron chi connectivity index (χ4n) is 3.42. The van der Waals surface area contributed by atoms with Crippen molar-refractivity contribution in [1.29, 1.82) is 0 Å². The van der Waals surface area contributed by atoms with Crippen molar-refractivity contribution >= 4 is 5.91 Å². The first-order valence-electron chi connectivity index (χ1n) is 9.50. The highest BCUT2D eigenvalue weighted by Gasteiger charge is 2.25. The van der Waals surface area contributed by atoms with Gasteiger partial charge >= 0.3 is 0 Å². The summed E-state index contributed by atoms with van der Waals surface area (Å²) in [4.78, 5) is 16.7. The van der Waals surface area contributed by atoms with E-state index in [1.165, 1.54) is 5.56 Å². The number of carbonyl (C=O) groups is 1. The van der Waals surface area contributed by atoms with Crippen LogP contribution in [0.5, 0.6) is 5.75 Å². The molecule has 1 N–H and O–H groups in total. The van der Waals surface area contributed by atoms with Crippen LogP contribution in [0.2, 0.25) is 0 Å². The lowest BCUT2D eigenvalue weighted by molar-refractivity contribution is 0.0766. The van der Waals surface area contributed by atoms with Crippen LogP contribution < -0.4 is 4.74 Å². The molecule has 1 aromatic carbocycles. The lowest BCUT2D eigenvalue weighted by Crippen LogP contribution is -2.33. The van der Waals surface area contributed by atoms with Crippen LogP contribution in [-0.4, -0.2) is 59.7 Å². The van der Waals surface area contributed by atoms with E-state index < -0.39 is 0 Å². The van der Waals surface area contributed by atoms with Crippen molar-refractivity contribution in [2.45, 2.75) is 39.2 Å². The maximum absolute atomic E-state index is 12.8. The van der Waals surface area contributed by atoms with Gasteiger partial charge in [-0.2, -0.15) is 5.10 Å². The van der Waals surface area contributed by atoms with Gasteiger partial charge in [0.15, 0.2) is 5.69 Å². The van der Waals surface area contributed by atoms with Crippen LogP contribution >= 0.6 is 0 Å². The second-order valence-corrected chi connectivity index (χ2v) is 8.34. The van der Waals surface area contributed by atoms with E-state index in [9.17, 15) is 4.79 Å². The molecule has 0 atom stereocenters. The van der Waals surface area contributed by atoms with Crippen molar-refractivity contribution in [3.8, 4) is 5.75 Å². The third kappa shape index (κ3) is 4.33. The highest BCUT2D eigenvalue weighted by atomic mass is 16.5. The number of likely N-dealkylation sites (N-methyl/N-ethyl adjacent to an activating group) is 2. The lowest BCUT2D eigenvalue weighted by atomic mass is 9.86. The average molecular weight is 370 g/mol. The summed E-state index contributed by atoms with van der Waals surface area (Å²) in [6.07, 6.45) is 0.854. The minimum absolute atomic E-state index is 0.0135. The van der Waals surface area contributed by atoms with Crippen LogP contribution in [0.25, 0.3) is 0 Å². The molecular weight excluding hydrogens is 340 g/mol. The van der Waals surface area contributed by atoms with E-state index in [2.05, 4.69) is 49.0 Å². The third-order valence-electron chi connectivity index (χ3n) is 5.05. The van der Waals surface area contributed by atoms with Crippen molar-refractivity contribution in [2.24, 2.45) is 0 Å². The quantitative estimate of drug-likeness (QED) is 0.879. The summed E-state index contributed by atoms with van der Waals surface area (Å²) >= 11 is 0. The van der Waals surface area contributed by atoms with Gasteiger partial charge in [-0.25, -0.2) is 0 Å². The van der Waals surface area contributed by atoms with Crippen LogP contribution in [0.4, 0.5) is 0 Å². The second-order valence-electron chi connectivity index (χ2n) is 8.34. The SMILES string of the molecule is CN1CCc2c(C(=O)N(C)CCOc3ccccc3C(C)(C)C)n[nH]c2C1. The summed E-state index contributed by atoms with van der Waals surface area (Å²) in [5, 5.41) is 7.31. The van der Waals surface area contributed by atoms with Crippen molar-refractivity contribution in [1.82, 2.24) is 20.0 Å². The molecule has 1 aliphatic heterocycles. The summed E-state index contributed by atoms with van der Waals surface area (Å²) in [5.74, 6) is 0.829. The van der Waals surface area contributed by atoms with Gasteiger partial charge < -0.3 is 14.5 Å². The molecule has 0 radical (unpaired) electrons. The molecule has 6 nitrogen and oxygen atoms in total. The van der Waals surface area contributed by atoms with Gasteiger partial charge in [0.25, 0.3) is 5.91 Å². The summed E-state index contributed by atoms with van der Waals surface area (Å²) in [7, 11) is 3.88. The molecule has 0 saturated heterocycles. The van der Waals surface area contributed by atoms with E-state index in [4.69, 9.17) is 4.74 Å². The Kier molecular flexibility index (Phi) is 5.56. The van der Waals surface area contributed by atoms with Gasteiger partial charge in [-0.15, -0.1) is 0 Å². The Balaban J connectivity index is 1.61. The zero-order valence-electron chi connectivity index (χ0n) is 17.0. The Bertz CT molecular complexity index is 807. The van der Waals surface area contributed by atoms with E-state index in [0.717, 1.165) is 36.5 Å². The maximum atomic E-state index is 12.8. The fraction of sp³-hybridized carbons (Fsp3) is 0.524. The summed E-state index contributed by atoms with van der Waals surface area (Å²) in [6, 6.07) is 8.09. The number of aromatic nitrogens is 2. The fourth-order valence-corrected chi connectivity index (χ4v) is 3.42. The number of nitrogens with zero attached hydrogens (tertiary/aromatic N) is 3. The van der Waals surface area contributed by atoms with Crippen LogP contribution in [0.15, 0.2) is 24.3 Å². The number of nitrogens with one attached hydrogen (secondary N) is 1. The monoisotopic (exact) mass is 370 g/mol. The summed E-state index contributed by atoms with van der Waals surface area (Å²) < 4.78 is 6.00. The van der Waals surface area contributed by atoms with Gasteiger partial charge in [0.2, 0.25) is 0 Å². The molecule has 0 aliphatic carbocycles. The first-order valence-corrected chi connectivity index (χ1v) is 9.50. The van der Waals surface area contributed by atoms with E-state index in [0.29, 0.717) is 18.8 Å². The second kappa shape index (κ2) is 7.72. The maximum Gasteiger partial charge on any atom is 0.274 e. The molecule has 0 spiro atoms. The number of rotatable bonds is 5. The topological polar surface area (TPSA) is 61.5 Å². The Morgan fingerprint density at radius 2 is 2.07 bits per heavy atom. The predicted octanol–water partition coefficient (Wildman–Crippen LogP) is 2.85. The number of ether oxygens (including phenoxy) is 1. The predicted molar refractivity (Wildman–Crippen MR) is 106 cm³/mol. The Morgan fingerprint density at radius 1 is 1.33 bits per heavy atom. The van der Waals surface area contributed by atoms with Gasteiger partial charge in [0.1, 0.15) is 12.4 Å². The number of benzene rings is 1. The van der Waals surface area contributed by atoms with E-state index in [1.54, 1.807) is 11.9 Å². The highest BCUT2D eigenvalue weighted by molar-refractivity contribution is 5.93. The molecule has 146 valence electrons. The van der Waals surface area contributed by atoms with Crippen molar-refractivity contribution < 1.29 is 9.53 Å². The minimum Gasteiger partial charge on any atom is -0.491 e. The van der Waals surface area contributed by atoms with Gasteiger partial charge in [-0.05, 0) is 30.5 Å². The zero-order chi connectivity index (χ0) is 19.6. The average Bonchev–Trinajstić information content (AvgIpc) is 3.03. The number of fused-ring (bicyclic) bond motifs is 1. The van der Waals surface area contributed by atoms with Gasteiger partial charge in [0, 0.05) is 25.7 Å². The molecule has 27 heavy (non-hydrogen) atoms. The van der Waals surface area contributed by atoms with Gasteiger partial charge in [0.05, 0.1) is 12.2 Å². The Labute approximate surface area is 161 Å².